The summed E-state index contributed by atoms with van der Waals surface area (Å²) in [5.74, 6) is 0. The van der Waals surface area contributed by atoms with Gasteiger partial charge < -0.3 is 10.2 Å². The van der Waals surface area contributed by atoms with Gasteiger partial charge in [-0.25, -0.2) is 0 Å². The van der Waals surface area contributed by atoms with E-state index in [1.807, 2.05) is 0 Å². The van der Waals surface area contributed by atoms with E-state index < -0.39 is 4.92 Å². The van der Waals surface area contributed by atoms with E-state index in [9.17, 15) is 10.1 Å². The maximum Gasteiger partial charge on any atom is 0.293 e. The lowest BCUT2D eigenvalue weighted by Crippen LogP contribution is -1.88. The lowest BCUT2D eigenvalue weighted by Gasteiger charge is -1.93. The summed E-state index contributed by atoms with van der Waals surface area (Å²) in [7, 11) is 0. The summed E-state index contributed by atoms with van der Waals surface area (Å²) in [6.07, 6.45) is 2.78. The van der Waals surface area contributed by atoms with Gasteiger partial charge in [-0.2, -0.15) is 0 Å². The highest BCUT2D eigenvalue weighted by Crippen LogP contribution is 2.25. The van der Waals surface area contributed by atoms with Crippen LogP contribution in [0.25, 0.3) is 10.9 Å². The zero-order chi connectivity index (χ0) is 10.8. The number of nitrogens with zero attached hydrogens (tertiary/aromatic N) is 2. The van der Waals surface area contributed by atoms with Crippen LogP contribution in [-0.4, -0.2) is 21.3 Å². The van der Waals surface area contributed by atoms with Crippen molar-refractivity contribution < 1.29 is 10.1 Å². The van der Waals surface area contributed by atoms with Gasteiger partial charge in [0, 0.05) is 23.2 Å². The molecule has 0 radical (unpaired) electrons. The molecule has 2 N–H and O–H groups in total. The Morgan fingerprint density at radius 3 is 3.00 bits per heavy atom. The van der Waals surface area contributed by atoms with Crippen LogP contribution in [0, 0.1) is 10.1 Å². The minimum absolute atomic E-state index is 0.00471. The normalized spacial score (nSPS) is 11.2. The van der Waals surface area contributed by atoms with Crippen LogP contribution in [0.3, 0.4) is 0 Å². The highest BCUT2D eigenvalue weighted by Gasteiger charge is 2.13. The fraction of sp³-hybridized carbons (Fsp3) is 0. The number of non-ortho nitro benzene ring substituents is 1. The number of H-pyrrole nitrogens is 1. The molecule has 0 saturated heterocycles. The lowest BCUT2D eigenvalue weighted by atomic mass is 10.1. The van der Waals surface area contributed by atoms with Gasteiger partial charge in [-0.05, 0) is 0 Å². The van der Waals surface area contributed by atoms with Crippen LogP contribution in [0.4, 0.5) is 5.69 Å². The molecule has 1 heterocycles. The number of nitro benzene ring substituents is 1. The molecule has 0 unspecified atom stereocenters. The molecule has 1 aromatic carbocycles. The number of aromatic nitrogens is 1. The molecule has 0 atom stereocenters. The minimum Gasteiger partial charge on any atom is -0.411 e. The quantitative estimate of drug-likeness (QED) is 0.339. The second-order valence-corrected chi connectivity index (χ2v) is 2.95. The number of oxime groups is 1. The van der Waals surface area contributed by atoms with E-state index in [-0.39, 0.29) is 5.69 Å². The van der Waals surface area contributed by atoms with Gasteiger partial charge in [0.25, 0.3) is 5.69 Å². The van der Waals surface area contributed by atoms with Crippen molar-refractivity contribution in [2.75, 3.05) is 0 Å². The number of nitrogens with one attached hydrogen (secondary N) is 1. The predicted molar refractivity (Wildman–Crippen MR) is 54.3 cm³/mol. The Kier molecular flexibility index (Phi) is 2.09. The molecule has 0 aliphatic heterocycles. The number of rotatable bonds is 2. The molecule has 0 saturated carbocycles. The highest BCUT2D eigenvalue weighted by atomic mass is 16.6. The van der Waals surface area contributed by atoms with E-state index in [4.69, 9.17) is 5.21 Å². The first-order chi connectivity index (χ1) is 7.24. The van der Waals surface area contributed by atoms with Gasteiger partial charge in [0.2, 0.25) is 0 Å². The molecule has 76 valence electrons. The number of fused-ring (bicyclic) bond motifs is 1. The molecular formula is C9H7N3O3. The lowest BCUT2D eigenvalue weighted by molar-refractivity contribution is -0.383. The molecular weight excluding hydrogens is 198 g/mol. The number of benzene rings is 1. The Bertz CT molecular complexity index is 545. The van der Waals surface area contributed by atoms with E-state index in [2.05, 4.69) is 10.1 Å². The maximum atomic E-state index is 10.7. The molecule has 6 nitrogen and oxygen atoms in total. The van der Waals surface area contributed by atoms with Crippen LogP contribution in [0.2, 0.25) is 0 Å². The summed E-state index contributed by atoms with van der Waals surface area (Å²) in [5, 5.41) is 22.6. The Morgan fingerprint density at radius 1 is 1.53 bits per heavy atom. The van der Waals surface area contributed by atoms with Crippen molar-refractivity contribution in [1.82, 2.24) is 4.98 Å². The standard InChI is InChI=1S/C9H7N3O3/c13-11-5-6-4-10-9-7(6)2-1-3-8(9)12(14)15/h1-5,10,13H/b11-5+. The highest BCUT2D eigenvalue weighted by molar-refractivity contribution is 6.01. The molecule has 15 heavy (non-hydrogen) atoms. The fourth-order valence-corrected chi connectivity index (χ4v) is 1.48. The van der Waals surface area contributed by atoms with Crippen LogP contribution in [0.5, 0.6) is 0 Å². The van der Waals surface area contributed by atoms with Gasteiger partial charge in [0.1, 0.15) is 5.52 Å². The molecule has 0 amide bonds. The van der Waals surface area contributed by atoms with Crippen molar-refractivity contribution in [3.8, 4) is 0 Å². The molecule has 1 aromatic heterocycles. The number of nitro groups is 1. The number of hydrogen-bond acceptors (Lipinski definition) is 4. The third-order valence-electron chi connectivity index (χ3n) is 2.12. The zero-order valence-corrected chi connectivity index (χ0v) is 7.54. The van der Waals surface area contributed by atoms with Gasteiger partial charge in [0.05, 0.1) is 11.1 Å². The van der Waals surface area contributed by atoms with E-state index in [1.54, 1.807) is 18.3 Å². The van der Waals surface area contributed by atoms with E-state index in [0.29, 0.717) is 16.5 Å². The topological polar surface area (TPSA) is 91.5 Å². The summed E-state index contributed by atoms with van der Waals surface area (Å²) >= 11 is 0. The first-order valence-electron chi connectivity index (χ1n) is 4.16. The molecule has 0 fully saturated rings. The average Bonchev–Trinajstić information content (AvgIpc) is 2.62. The summed E-state index contributed by atoms with van der Waals surface area (Å²) in [6.45, 7) is 0. The third kappa shape index (κ3) is 1.41. The van der Waals surface area contributed by atoms with Crippen molar-refractivity contribution in [2.24, 2.45) is 5.16 Å². The van der Waals surface area contributed by atoms with E-state index >= 15 is 0 Å². The van der Waals surface area contributed by atoms with Crippen molar-refractivity contribution in [2.45, 2.75) is 0 Å². The van der Waals surface area contributed by atoms with E-state index in [0.717, 1.165) is 0 Å². The van der Waals surface area contributed by atoms with Gasteiger partial charge in [-0.1, -0.05) is 17.3 Å². The van der Waals surface area contributed by atoms with Crippen LogP contribution >= 0.6 is 0 Å². The predicted octanol–water partition coefficient (Wildman–Crippen LogP) is 1.88. The van der Waals surface area contributed by atoms with Gasteiger partial charge in [-0.15, -0.1) is 0 Å². The zero-order valence-electron chi connectivity index (χ0n) is 7.54. The maximum absolute atomic E-state index is 10.7. The van der Waals surface area contributed by atoms with E-state index in [1.165, 1.54) is 12.3 Å². The summed E-state index contributed by atoms with van der Waals surface area (Å²) in [5.41, 5.74) is 1.04. The van der Waals surface area contributed by atoms with Crippen molar-refractivity contribution in [3.63, 3.8) is 0 Å². The molecule has 2 rings (SSSR count). The summed E-state index contributed by atoms with van der Waals surface area (Å²) in [4.78, 5) is 13.0. The number of para-hydroxylation sites is 1. The Labute approximate surface area is 84.0 Å². The molecule has 0 spiro atoms. The average molecular weight is 205 g/mol. The second kappa shape index (κ2) is 3.41. The molecule has 0 aliphatic rings. The largest absolute Gasteiger partial charge is 0.411 e. The van der Waals surface area contributed by atoms with Crippen molar-refractivity contribution >= 4 is 22.8 Å². The fourth-order valence-electron chi connectivity index (χ4n) is 1.48. The molecule has 0 aliphatic carbocycles. The molecule has 0 bridgehead atoms. The first kappa shape index (κ1) is 9.20. The van der Waals surface area contributed by atoms with Gasteiger partial charge in [-0.3, -0.25) is 10.1 Å². The van der Waals surface area contributed by atoms with Crippen LogP contribution in [0.1, 0.15) is 5.56 Å². The van der Waals surface area contributed by atoms with Crippen LogP contribution < -0.4 is 0 Å². The number of aromatic amines is 1. The van der Waals surface area contributed by atoms with Gasteiger partial charge >= 0.3 is 0 Å². The summed E-state index contributed by atoms with van der Waals surface area (Å²) < 4.78 is 0. The Morgan fingerprint density at radius 2 is 2.33 bits per heavy atom. The van der Waals surface area contributed by atoms with Crippen LogP contribution in [0.15, 0.2) is 29.6 Å². The van der Waals surface area contributed by atoms with Gasteiger partial charge in [0.15, 0.2) is 0 Å². The van der Waals surface area contributed by atoms with Crippen LogP contribution in [-0.2, 0) is 0 Å². The molecule has 2 aromatic rings. The number of hydrogen-bond donors (Lipinski definition) is 2. The first-order valence-corrected chi connectivity index (χ1v) is 4.16. The van der Waals surface area contributed by atoms with Crippen molar-refractivity contribution in [1.29, 1.82) is 0 Å². The second-order valence-electron chi connectivity index (χ2n) is 2.95. The summed E-state index contributed by atoms with van der Waals surface area (Å²) in [6, 6.07) is 4.72. The third-order valence-corrected chi connectivity index (χ3v) is 2.12. The Hall–Kier alpha value is -2.37. The minimum atomic E-state index is -0.460. The smallest absolute Gasteiger partial charge is 0.293 e. The van der Waals surface area contributed by atoms with Crippen molar-refractivity contribution in [3.05, 3.63) is 40.1 Å². The Balaban J connectivity index is 2.74. The molecule has 6 heteroatoms. The SMILES string of the molecule is O=[N+]([O-])c1cccc2c(/C=N/O)c[nH]c12. The monoisotopic (exact) mass is 205 g/mol.